The molecule has 2 aromatic rings. The van der Waals surface area contributed by atoms with Gasteiger partial charge in [0.05, 0.1) is 18.5 Å². The van der Waals surface area contributed by atoms with Gasteiger partial charge in [-0.25, -0.2) is 13.2 Å². The SMILES string of the molecule is CC(C)(C)OC(=O)N1CCN(Cc2ccccc2)CCCN(S(C)(=O)=O)c2ccccc2C1. The Bertz CT molecular complexity index is 1040. The minimum absolute atomic E-state index is 0.274. The molecule has 0 spiro atoms. The molecule has 0 aromatic heterocycles. The van der Waals surface area contributed by atoms with Gasteiger partial charge in [0, 0.05) is 32.7 Å². The van der Waals surface area contributed by atoms with Gasteiger partial charge < -0.3 is 9.64 Å². The van der Waals surface area contributed by atoms with E-state index in [0.29, 0.717) is 38.3 Å². The molecular formula is C25H35N3O4S. The van der Waals surface area contributed by atoms with E-state index in [1.165, 1.54) is 16.1 Å². The van der Waals surface area contributed by atoms with E-state index in [9.17, 15) is 13.2 Å². The van der Waals surface area contributed by atoms with Crippen LogP contribution in [-0.4, -0.2) is 62.3 Å². The first-order chi connectivity index (χ1) is 15.5. The second-order valence-corrected chi connectivity index (χ2v) is 11.4. The molecule has 1 heterocycles. The third-order valence-corrected chi connectivity index (χ3v) is 6.62. The van der Waals surface area contributed by atoms with Crippen molar-refractivity contribution in [3.05, 3.63) is 65.7 Å². The fourth-order valence-electron chi connectivity index (χ4n) is 3.93. The Hall–Kier alpha value is -2.58. The van der Waals surface area contributed by atoms with Gasteiger partial charge in [-0.15, -0.1) is 0 Å². The van der Waals surface area contributed by atoms with Crippen LogP contribution in [0.15, 0.2) is 54.6 Å². The van der Waals surface area contributed by atoms with Crippen LogP contribution in [0.2, 0.25) is 0 Å². The van der Waals surface area contributed by atoms with Crippen molar-refractivity contribution in [1.29, 1.82) is 0 Å². The number of rotatable bonds is 3. The lowest BCUT2D eigenvalue weighted by Crippen LogP contribution is -2.41. The molecule has 2 aromatic carbocycles. The van der Waals surface area contributed by atoms with Gasteiger partial charge in [0.15, 0.2) is 0 Å². The zero-order chi connectivity index (χ0) is 24.1. The van der Waals surface area contributed by atoms with E-state index in [-0.39, 0.29) is 6.54 Å². The zero-order valence-corrected chi connectivity index (χ0v) is 20.8. The number of ether oxygens (including phenoxy) is 1. The third-order valence-electron chi connectivity index (χ3n) is 5.44. The van der Waals surface area contributed by atoms with Crippen LogP contribution >= 0.6 is 0 Å². The van der Waals surface area contributed by atoms with E-state index in [1.54, 1.807) is 4.90 Å². The summed E-state index contributed by atoms with van der Waals surface area (Å²) in [6, 6.07) is 17.6. The number of carbonyl (C=O) groups excluding carboxylic acids is 1. The van der Waals surface area contributed by atoms with Crippen LogP contribution < -0.4 is 4.31 Å². The number of carbonyl (C=O) groups is 1. The van der Waals surface area contributed by atoms with E-state index in [1.807, 2.05) is 63.2 Å². The monoisotopic (exact) mass is 473 g/mol. The molecule has 3 rings (SSSR count). The summed E-state index contributed by atoms with van der Waals surface area (Å²) in [4.78, 5) is 17.0. The highest BCUT2D eigenvalue weighted by Gasteiger charge is 2.27. The number of hydrogen-bond donors (Lipinski definition) is 0. The first-order valence-electron chi connectivity index (χ1n) is 11.3. The van der Waals surface area contributed by atoms with Crippen molar-refractivity contribution in [2.75, 3.05) is 36.7 Å². The van der Waals surface area contributed by atoms with Gasteiger partial charge in [0.2, 0.25) is 10.0 Å². The van der Waals surface area contributed by atoms with Crippen LogP contribution in [0, 0.1) is 0 Å². The Labute approximate surface area is 198 Å². The number of hydrogen-bond acceptors (Lipinski definition) is 5. The summed E-state index contributed by atoms with van der Waals surface area (Å²) in [6.45, 7) is 8.78. The average Bonchev–Trinajstić information content (AvgIpc) is 2.76. The maximum Gasteiger partial charge on any atom is 0.410 e. The maximum atomic E-state index is 13.1. The zero-order valence-electron chi connectivity index (χ0n) is 20.0. The molecule has 33 heavy (non-hydrogen) atoms. The molecule has 0 saturated carbocycles. The topological polar surface area (TPSA) is 70.2 Å². The standard InChI is InChI=1S/C25H35N3O4S/c1-25(2,3)32-24(29)27-18-17-26(19-21-11-6-5-7-12-21)15-10-16-28(33(4,30)31)23-14-9-8-13-22(23)20-27/h5-9,11-14H,10,15-20H2,1-4H3. The van der Waals surface area contributed by atoms with Gasteiger partial charge in [-0.2, -0.15) is 0 Å². The summed E-state index contributed by atoms with van der Waals surface area (Å²) >= 11 is 0. The molecule has 1 aliphatic rings. The maximum absolute atomic E-state index is 13.1. The van der Waals surface area contributed by atoms with Gasteiger partial charge in [-0.05, 0) is 44.4 Å². The van der Waals surface area contributed by atoms with Crippen molar-refractivity contribution in [2.24, 2.45) is 0 Å². The molecule has 0 saturated heterocycles. The molecule has 180 valence electrons. The number of nitrogens with zero attached hydrogens (tertiary/aromatic N) is 3. The summed E-state index contributed by atoms with van der Waals surface area (Å²) in [5.74, 6) is 0. The Balaban J connectivity index is 1.94. The van der Waals surface area contributed by atoms with Gasteiger partial charge in [0.25, 0.3) is 0 Å². The first-order valence-corrected chi connectivity index (χ1v) is 13.2. The van der Waals surface area contributed by atoms with Crippen molar-refractivity contribution in [1.82, 2.24) is 9.80 Å². The molecule has 8 heteroatoms. The van der Waals surface area contributed by atoms with E-state index < -0.39 is 21.7 Å². The van der Waals surface area contributed by atoms with Crippen molar-refractivity contribution < 1.29 is 17.9 Å². The average molecular weight is 474 g/mol. The van der Waals surface area contributed by atoms with Crippen molar-refractivity contribution >= 4 is 21.8 Å². The van der Waals surface area contributed by atoms with E-state index in [4.69, 9.17) is 4.74 Å². The Kier molecular flexibility index (Phi) is 8.02. The second-order valence-electron chi connectivity index (χ2n) is 9.48. The molecule has 1 amide bonds. The lowest BCUT2D eigenvalue weighted by atomic mass is 10.1. The summed E-state index contributed by atoms with van der Waals surface area (Å²) in [6.07, 6.45) is 1.51. The fraction of sp³-hybridized carbons (Fsp3) is 0.480. The minimum atomic E-state index is -3.48. The number of benzene rings is 2. The molecule has 7 nitrogen and oxygen atoms in total. The van der Waals surface area contributed by atoms with Crippen LogP contribution in [-0.2, 0) is 27.8 Å². The van der Waals surface area contributed by atoms with Crippen molar-refractivity contribution in [3.8, 4) is 0 Å². The van der Waals surface area contributed by atoms with Crippen molar-refractivity contribution in [2.45, 2.75) is 45.9 Å². The normalized spacial score (nSPS) is 16.6. The molecule has 0 fully saturated rings. The van der Waals surface area contributed by atoms with Crippen molar-refractivity contribution in [3.63, 3.8) is 0 Å². The summed E-state index contributed by atoms with van der Waals surface area (Å²) in [7, 11) is -3.48. The number of fused-ring (bicyclic) bond motifs is 1. The van der Waals surface area contributed by atoms with Crippen LogP contribution in [0.1, 0.15) is 38.3 Å². The second kappa shape index (κ2) is 10.6. The molecule has 0 aliphatic carbocycles. The molecule has 0 N–H and O–H groups in total. The van der Waals surface area contributed by atoms with Crippen LogP contribution in [0.5, 0.6) is 0 Å². The van der Waals surface area contributed by atoms with E-state index in [0.717, 1.165) is 12.1 Å². The largest absolute Gasteiger partial charge is 0.444 e. The minimum Gasteiger partial charge on any atom is -0.444 e. The van der Waals surface area contributed by atoms with Gasteiger partial charge in [-0.3, -0.25) is 9.21 Å². The third kappa shape index (κ3) is 7.47. The Morgan fingerprint density at radius 3 is 2.27 bits per heavy atom. The molecule has 0 atom stereocenters. The van der Waals surface area contributed by atoms with Crippen LogP contribution in [0.3, 0.4) is 0 Å². The van der Waals surface area contributed by atoms with Crippen LogP contribution in [0.25, 0.3) is 0 Å². The fourth-order valence-corrected chi connectivity index (χ4v) is 4.93. The highest BCUT2D eigenvalue weighted by molar-refractivity contribution is 7.92. The Morgan fingerprint density at radius 2 is 1.61 bits per heavy atom. The quantitative estimate of drug-likeness (QED) is 0.671. The molecular weight excluding hydrogens is 438 g/mol. The number of anilines is 1. The number of sulfonamides is 1. The highest BCUT2D eigenvalue weighted by atomic mass is 32.2. The van der Waals surface area contributed by atoms with E-state index in [2.05, 4.69) is 17.0 Å². The number of amides is 1. The van der Waals surface area contributed by atoms with Gasteiger partial charge >= 0.3 is 6.09 Å². The van der Waals surface area contributed by atoms with E-state index >= 15 is 0 Å². The molecule has 1 aliphatic heterocycles. The highest BCUT2D eigenvalue weighted by Crippen LogP contribution is 2.26. The summed E-state index contributed by atoms with van der Waals surface area (Å²) in [5, 5.41) is 0. The molecule has 0 radical (unpaired) electrons. The predicted molar refractivity (Wildman–Crippen MR) is 132 cm³/mol. The van der Waals surface area contributed by atoms with Gasteiger partial charge in [0.1, 0.15) is 5.60 Å². The lowest BCUT2D eigenvalue weighted by Gasteiger charge is -2.30. The van der Waals surface area contributed by atoms with Crippen LogP contribution in [0.4, 0.5) is 10.5 Å². The molecule has 0 bridgehead atoms. The van der Waals surface area contributed by atoms with Gasteiger partial charge in [-0.1, -0.05) is 48.5 Å². The lowest BCUT2D eigenvalue weighted by molar-refractivity contribution is 0.0214. The molecule has 0 unspecified atom stereocenters. The summed E-state index contributed by atoms with van der Waals surface area (Å²) < 4.78 is 32.5. The predicted octanol–water partition coefficient (Wildman–Crippen LogP) is 4.10. The number of para-hydroxylation sites is 1. The first kappa shape index (κ1) is 25.1. The Morgan fingerprint density at radius 1 is 0.939 bits per heavy atom. The smallest absolute Gasteiger partial charge is 0.410 e. The summed E-state index contributed by atoms with van der Waals surface area (Å²) in [5.41, 5.74) is 1.96.